The Kier molecular flexibility index (Phi) is 7.44. The van der Waals surface area contributed by atoms with Crippen molar-refractivity contribution in [2.24, 2.45) is 0 Å². The molecule has 1 atom stereocenters. The summed E-state index contributed by atoms with van der Waals surface area (Å²) in [5, 5.41) is 13.5. The molecule has 0 aliphatic heterocycles. The van der Waals surface area contributed by atoms with Crippen LogP contribution in [0, 0.1) is 6.92 Å². The number of nitrogens with zero attached hydrogens (tertiary/aromatic N) is 3. The summed E-state index contributed by atoms with van der Waals surface area (Å²) in [5.41, 5.74) is 4.62. The van der Waals surface area contributed by atoms with Gasteiger partial charge in [-0.2, -0.15) is 0 Å². The number of carboxylic acids is 1. The van der Waals surface area contributed by atoms with Crippen molar-refractivity contribution in [3.05, 3.63) is 84.2 Å². The molecule has 0 spiro atoms. The molecule has 36 heavy (non-hydrogen) atoms. The van der Waals surface area contributed by atoms with Crippen LogP contribution >= 0.6 is 0 Å². The molecule has 2 heterocycles. The van der Waals surface area contributed by atoms with Gasteiger partial charge in [-0.1, -0.05) is 54.5 Å². The fraction of sp³-hybridized carbons (Fsp3) is 0.214. The third-order valence-electron chi connectivity index (χ3n) is 5.86. The summed E-state index contributed by atoms with van der Waals surface area (Å²) in [5.74, 6) is -0.973. The van der Waals surface area contributed by atoms with Crippen LogP contribution in [-0.2, 0) is 9.53 Å². The molecule has 8 nitrogen and oxygen atoms in total. The fourth-order valence-electron chi connectivity index (χ4n) is 4.05. The molecule has 0 radical (unpaired) electrons. The standard InChI is InChI=1S/C28H27N3O5/c1-4-23(27(32)33)19-11-13-20(14-12-19)24-16-15-21(17-29-24)26-25(18(3)30-36-26)31(28(34)35-5-2)22-9-7-6-8-10-22/h6-17,23H,4-5H2,1-3H3,(H,32,33). The van der Waals surface area contributed by atoms with Crippen molar-refractivity contribution in [3.8, 4) is 22.6 Å². The van der Waals surface area contributed by atoms with Gasteiger partial charge >= 0.3 is 12.1 Å². The number of hydrogen-bond acceptors (Lipinski definition) is 6. The smallest absolute Gasteiger partial charge is 0.419 e. The predicted molar refractivity (Wildman–Crippen MR) is 136 cm³/mol. The summed E-state index contributed by atoms with van der Waals surface area (Å²) in [7, 11) is 0. The van der Waals surface area contributed by atoms with Crippen molar-refractivity contribution in [2.75, 3.05) is 11.5 Å². The molecule has 0 aliphatic rings. The molecule has 4 rings (SSSR count). The van der Waals surface area contributed by atoms with Crippen molar-refractivity contribution in [2.45, 2.75) is 33.1 Å². The maximum absolute atomic E-state index is 12.9. The molecule has 1 amide bonds. The number of aryl methyl sites for hydroxylation is 1. The van der Waals surface area contributed by atoms with E-state index in [9.17, 15) is 14.7 Å². The predicted octanol–water partition coefficient (Wildman–Crippen LogP) is 6.58. The van der Waals surface area contributed by atoms with E-state index in [1.807, 2.05) is 73.7 Å². The number of aliphatic carboxylic acids is 1. The second-order valence-corrected chi connectivity index (χ2v) is 8.17. The van der Waals surface area contributed by atoms with Crippen molar-refractivity contribution in [1.29, 1.82) is 0 Å². The van der Waals surface area contributed by atoms with Gasteiger partial charge in [-0.15, -0.1) is 0 Å². The summed E-state index contributed by atoms with van der Waals surface area (Å²) in [6, 6.07) is 20.2. The second-order valence-electron chi connectivity index (χ2n) is 8.17. The monoisotopic (exact) mass is 485 g/mol. The average molecular weight is 486 g/mol. The number of pyridine rings is 1. The fourth-order valence-corrected chi connectivity index (χ4v) is 4.05. The van der Waals surface area contributed by atoms with Crippen LogP contribution in [-0.4, -0.2) is 33.9 Å². The number of amides is 1. The summed E-state index contributed by atoms with van der Waals surface area (Å²) >= 11 is 0. The number of ether oxygens (including phenoxy) is 1. The molecular weight excluding hydrogens is 458 g/mol. The maximum Gasteiger partial charge on any atom is 0.419 e. The Morgan fingerprint density at radius 3 is 2.28 bits per heavy atom. The number of rotatable bonds is 8. The highest BCUT2D eigenvalue weighted by molar-refractivity contribution is 6.00. The Morgan fingerprint density at radius 1 is 1.00 bits per heavy atom. The van der Waals surface area contributed by atoms with Gasteiger partial charge in [0.05, 0.1) is 23.9 Å². The highest BCUT2D eigenvalue weighted by atomic mass is 16.6. The number of para-hydroxylation sites is 1. The molecule has 8 heteroatoms. The molecule has 0 bridgehead atoms. The number of carbonyl (C=O) groups is 2. The van der Waals surface area contributed by atoms with E-state index in [1.54, 1.807) is 20.0 Å². The molecule has 0 fully saturated rings. The lowest BCUT2D eigenvalue weighted by molar-refractivity contribution is -0.138. The zero-order chi connectivity index (χ0) is 25.7. The Labute approximate surface area is 209 Å². The van der Waals surface area contributed by atoms with E-state index in [0.29, 0.717) is 34.8 Å². The summed E-state index contributed by atoms with van der Waals surface area (Å²) < 4.78 is 11.0. The van der Waals surface area contributed by atoms with Crippen LogP contribution in [0.4, 0.5) is 16.2 Å². The summed E-state index contributed by atoms with van der Waals surface area (Å²) in [4.78, 5) is 30.4. The lowest BCUT2D eigenvalue weighted by Gasteiger charge is -2.22. The first-order chi connectivity index (χ1) is 17.4. The van der Waals surface area contributed by atoms with Crippen LogP contribution in [0.15, 0.2) is 77.4 Å². The van der Waals surface area contributed by atoms with Gasteiger partial charge in [0, 0.05) is 17.3 Å². The van der Waals surface area contributed by atoms with Gasteiger partial charge < -0.3 is 14.4 Å². The van der Waals surface area contributed by atoms with Crippen molar-refractivity contribution in [3.63, 3.8) is 0 Å². The Balaban J connectivity index is 1.67. The van der Waals surface area contributed by atoms with Gasteiger partial charge in [0.25, 0.3) is 0 Å². The van der Waals surface area contributed by atoms with Gasteiger partial charge in [-0.3, -0.25) is 9.78 Å². The minimum Gasteiger partial charge on any atom is -0.481 e. The van der Waals surface area contributed by atoms with Crippen LogP contribution in [0.5, 0.6) is 0 Å². The summed E-state index contributed by atoms with van der Waals surface area (Å²) in [6.45, 7) is 5.60. The molecule has 1 unspecified atom stereocenters. The lowest BCUT2D eigenvalue weighted by Crippen LogP contribution is -2.27. The van der Waals surface area contributed by atoms with Gasteiger partial charge in [-0.25, -0.2) is 9.69 Å². The second kappa shape index (κ2) is 10.9. The molecule has 1 N–H and O–H groups in total. The van der Waals surface area contributed by atoms with E-state index in [0.717, 1.165) is 16.8 Å². The Morgan fingerprint density at radius 2 is 1.69 bits per heavy atom. The lowest BCUT2D eigenvalue weighted by atomic mass is 9.95. The molecule has 184 valence electrons. The average Bonchev–Trinajstić information content (AvgIpc) is 3.26. The molecule has 2 aromatic carbocycles. The number of benzene rings is 2. The molecule has 2 aromatic heterocycles. The molecule has 0 aliphatic carbocycles. The van der Waals surface area contributed by atoms with E-state index < -0.39 is 18.0 Å². The third-order valence-corrected chi connectivity index (χ3v) is 5.86. The SMILES string of the molecule is CCOC(=O)N(c1ccccc1)c1c(C)noc1-c1ccc(-c2ccc(C(CC)C(=O)O)cc2)nc1. The zero-order valence-corrected chi connectivity index (χ0v) is 20.3. The van der Waals surface area contributed by atoms with Gasteiger partial charge in [0.2, 0.25) is 0 Å². The Bertz CT molecular complexity index is 1330. The molecule has 0 saturated carbocycles. The first-order valence-corrected chi connectivity index (χ1v) is 11.7. The molecule has 4 aromatic rings. The largest absolute Gasteiger partial charge is 0.481 e. The molecular formula is C28H27N3O5. The van der Waals surface area contributed by atoms with Gasteiger partial charge in [0.1, 0.15) is 11.4 Å². The maximum atomic E-state index is 12.9. The highest BCUT2D eigenvalue weighted by Crippen LogP contribution is 2.38. The van der Waals surface area contributed by atoms with E-state index in [1.165, 1.54) is 4.90 Å². The molecule has 0 saturated heterocycles. The quantitative estimate of drug-likeness (QED) is 0.300. The van der Waals surface area contributed by atoms with Gasteiger partial charge in [0.15, 0.2) is 5.76 Å². The Hall–Kier alpha value is -4.46. The summed E-state index contributed by atoms with van der Waals surface area (Å²) in [6.07, 6.45) is 1.65. The van der Waals surface area contributed by atoms with Crippen LogP contribution in [0.25, 0.3) is 22.6 Å². The van der Waals surface area contributed by atoms with Crippen LogP contribution in [0.3, 0.4) is 0 Å². The van der Waals surface area contributed by atoms with E-state index >= 15 is 0 Å². The van der Waals surface area contributed by atoms with Crippen molar-refractivity contribution >= 4 is 23.4 Å². The number of anilines is 2. The highest BCUT2D eigenvalue weighted by Gasteiger charge is 2.28. The van der Waals surface area contributed by atoms with Crippen LogP contribution in [0.1, 0.15) is 37.4 Å². The number of carboxylic acid groups (broad SMARTS) is 1. The topological polar surface area (TPSA) is 106 Å². The number of carbonyl (C=O) groups excluding carboxylic acids is 1. The van der Waals surface area contributed by atoms with E-state index in [4.69, 9.17) is 9.26 Å². The first kappa shape index (κ1) is 24.7. The zero-order valence-electron chi connectivity index (χ0n) is 20.3. The van der Waals surface area contributed by atoms with Crippen molar-refractivity contribution in [1.82, 2.24) is 10.1 Å². The van der Waals surface area contributed by atoms with E-state index in [2.05, 4.69) is 10.1 Å². The number of aromatic nitrogens is 2. The third kappa shape index (κ3) is 4.98. The minimum absolute atomic E-state index is 0.225. The normalized spacial score (nSPS) is 11.6. The first-order valence-electron chi connectivity index (χ1n) is 11.7. The van der Waals surface area contributed by atoms with E-state index in [-0.39, 0.29) is 6.61 Å². The van der Waals surface area contributed by atoms with Crippen LogP contribution in [0.2, 0.25) is 0 Å². The van der Waals surface area contributed by atoms with Crippen LogP contribution < -0.4 is 4.90 Å². The van der Waals surface area contributed by atoms with Gasteiger partial charge in [-0.05, 0) is 50.1 Å². The number of hydrogen-bond donors (Lipinski definition) is 1. The minimum atomic E-state index is -0.835. The van der Waals surface area contributed by atoms with Crippen molar-refractivity contribution < 1.29 is 24.0 Å².